The van der Waals surface area contributed by atoms with Gasteiger partial charge < -0.3 is 5.32 Å². The van der Waals surface area contributed by atoms with Crippen LogP contribution in [0.25, 0.3) is 5.57 Å². The lowest BCUT2D eigenvalue weighted by Crippen LogP contribution is -2.51. The Hall–Kier alpha value is -0.840. The second-order valence-corrected chi connectivity index (χ2v) is 5.35. The van der Waals surface area contributed by atoms with E-state index in [1.54, 1.807) is 0 Å². The maximum atomic E-state index is 5.42. The molecule has 0 saturated carbocycles. The van der Waals surface area contributed by atoms with Gasteiger partial charge in [0.05, 0.1) is 22.9 Å². The summed E-state index contributed by atoms with van der Waals surface area (Å²) in [5.41, 5.74) is 2.61. The van der Waals surface area contributed by atoms with Gasteiger partial charge in [0.15, 0.2) is 0 Å². The third-order valence-electron chi connectivity index (χ3n) is 2.93. The quantitative estimate of drug-likeness (QED) is 0.744. The van der Waals surface area contributed by atoms with E-state index in [9.17, 15) is 0 Å². The average Bonchev–Trinajstić information content (AvgIpc) is 2.75. The van der Waals surface area contributed by atoms with Crippen LogP contribution >= 0.6 is 24.0 Å². The van der Waals surface area contributed by atoms with Crippen LogP contribution in [0.5, 0.6) is 0 Å². The molecule has 0 bridgehead atoms. The van der Waals surface area contributed by atoms with E-state index in [0.717, 1.165) is 11.7 Å². The number of thioether (sulfide) groups is 1. The largest absolute Gasteiger partial charge is 0.366 e. The maximum Gasteiger partial charge on any atom is 0.0864 e. The van der Waals surface area contributed by atoms with Crippen LogP contribution in [0.2, 0.25) is 0 Å². The molecule has 1 saturated heterocycles. The Bertz CT molecular complexity index is 442. The summed E-state index contributed by atoms with van der Waals surface area (Å²) in [6.07, 6.45) is 0. The van der Waals surface area contributed by atoms with Gasteiger partial charge in [-0.25, -0.2) is 0 Å². The molecule has 4 heteroatoms. The smallest absolute Gasteiger partial charge is 0.0864 e. The zero-order valence-corrected chi connectivity index (χ0v) is 10.3. The molecule has 82 valence electrons. The van der Waals surface area contributed by atoms with Gasteiger partial charge in [-0.05, 0) is 16.5 Å². The molecule has 2 aliphatic rings. The van der Waals surface area contributed by atoms with Crippen LogP contribution in [0.15, 0.2) is 35.7 Å². The second kappa shape index (κ2) is 4.20. The van der Waals surface area contributed by atoms with Gasteiger partial charge >= 0.3 is 0 Å². The lowest BCUT2D eigenvalue weighted by molar-refractivity contribution is 0.555. The Kier molecular flexibility index (Phi) is 2.71. The third-order valence-corrected chi connectivity index (χ3v) is 4.46. The van der Waals surface area contributed by atoms with E-state index in [-0.39, 0.29) is 0 Å². The lowest BCUT2D eigenvalue weighted by Gasteiger charge is -2.30. The van der Waals surface area contributed by atoms with Crippen molar-refractivity contribution in [1.29, 1.82) is 0 Å². The fourth-order valence-electron chi connectivity index (χ4n) is 2.13. The number of hydrogen-bond acceptors (Lipinski definition) is 3. The van der Waals surface area contributed by atoms with Crippen LogP contribution < -0.4 is 10.6 Å². The number of thiocarbonyl (C=S) groups is 1. The van der Waals surface area contributed by atoms with Crippen LogP contribution in [0.4, 0.5) is 0 Å². The highest BCUT2D eigenvalue weighted by molar-refractivity contribution is 8.03. The predicted octanol–water partition coefficient (Wildman–Crippen LogP) is 2.19. The summed E-state index contributed by atoms with van der Waals surface area (Å²) in [6, 6.07) is 10.5. The molecule has 2 aliphatic heterocycles. The maximum absolute atomic E-state index is 5.42. The molecular weight excluding hydrogens is 236 g/mol. The van der Waals surface area contributed by atoms with Crippen molar-refractivity contribution in [3.05, 3.63) is 41.3 Å². The van der Waals surface area contributed by atoms with Crippen molar-refractivity contribution < 1.29 is 0 Å². The lowest BCUT2D eigenvalue weighted by atomic mass is 9.93. The minimum absolute atomic E-state index is 0.316. The first-order valence-corrected chi connectivity index (χ1v) is 6.63. The molecule has 0 spiro atoms. The Morgan fingerprint density at radius 3 is 2.88 bits per heavy atom. The van der Waals surface area contributed by atoms with Gasteiger partial charge in [0.25, 0.3) is 0 Å². The molecule has 0 aromatic heterocycles. The van der Waals surface area contributed by atoms with Gasteiger partial charge in [0.2, 0.25) is 0 Å². The van der Waals surface area contributed by atoms with Gasteiger partial charge in [0, 0.05) is 0 Å². The molecule has 1 aromatic carbocycles. The van der Waals surface area contributed by atoms with Gasteiger partial charge in [-0.3, -0.25) is 5.32 Å². The molecule has 2 nitrogen and oxygen atoms in total. The average molecular weight is 248 g/mol. The zero-order chi connectivity index (χ0) is 11.0. The molecule has 1 fully saturated rings. The number of rotatable bonds is 1. The first-order valence-electron chi connectivity index (χ1n) is 5.28. The molecule has 2 atom stereocenters. The van der Waals surface area contributed by atoms with Crippen molar-refractivity contribution in [2.75, 3.05) is 6.67 Å². The Balaban J connectivity index is 1.95. The fraction of sp³-hybridized carbons (Fsp3) is 0.250. The molecule has 0 radical (unpaired) electrons. The van der Waals surface area contributed by atoms with E-state index >= 15 is 0 Å². The number of nitrogens with one attached hydrogen (secondary N) is 2. The monoisotopic (exact) mass is 248 g/mol. The molecule has 2 heterocycles. The first kappa shape index (κ1) is 10.3. The molecule has 0 amide bonds. The normalized spacial score (nSPS) is 28.2. The number of hydrogen-bond donors (Lipinski definition) is 2. The summed E-state index contributed by atoms with van der Waals surface area (Å²) in [5, 5.41) is 9.28. The van der Waals surface area contributed by atoms with E-state index in [2.05, 4.69) is 40.3 Å². The highest BCUT2D eigenvalue weighted by Gasteiger charge is 2.36. The van der Waals surface area contributed by atoms with Crippen molar-refractivity contribution >= 4 is 34.5 Å². The van der Waals surface area contributed by atoms with Gasteiger partial charge in [-0.2, -0.15) is 0 Å². The highest BCUT2D eigenvalue weighted by Crippen LogP contribution is 2.41. The zero-order valence-electron chi connectivity index (χ0n) is 8.64. The molecule has 0 aliphatic carbocycles. The van der Waals surface area contributed by atoms with Crippen LogP contribution in [0, 0.1) is 5.92 Å². The highest BCUT2D eigenvalue weighted by atomic mass is 32.2. The number of fused-ring (bicyclic) bond motifs is 1. The molecule has 16 heavy (non-hydrogen) atoms. The summed E-state index contributed by atoms with van der Waals surface area (Å²) in [6.45, 7) is 0.781. The minimum Gasteiger partial charge on any atom is -0.366 e. The van der Waals surface area contributed by atoms with Crippen molar-refractivity contribution in [1.82, 2.24) is 10.6 Å². The SMILES string of the molecule is S=C1NCNC2SC=C(c3ccccc3)C12. The van der Waals surface area contributed by atoms with Crippen molar-refractivity contribution in [3.8, 4) is 0 Å². The molecule has 2 unspecified atom stereocenters. The molecule has 2 N–H and O–H groups in total. The summed E-state index contributed by atoms with van der Waals surface area (Å²) >= 11 is 7.25. The second-order valence-electron chi connectivity index (χ2n) is 3.90. The molecule has 1 aromatic rings. The summed E-state index contributed by atoms with van der Waals surface area (Å²) < 4.78 is 0. The van der Waals surface area contributed by atoms with Gasteiger partial charge in [-0.15, -0.1) is 11.8 Å². The van der Waals surface area contributed by atoms with E-state index in [0.29, 0.717) is 11.3 Å². The van der Waals surface area contributed by atoms with Crippen molar-refractivity contribution in [2.24, 2.45) is 5.92 Å². The Morgan fingerprint density at radius 1 is 1.25 bits per heavy atom. The summed E-state index contributed by atoms with van der Waals surface area (Å²) in [7, 11) is 0. The molecular formula is C12H12N2S2. The van der Waals surface area contributed by atoms with Gasteiger partial charge in [0.1, 0.15) is 0 Å². The van der Waals surface area contributed by atoms with Crippen LogP contribution in [0.1, 0.15) is 5.56 Å². The first-order chi connectivity index (χ1) is 7.86. The standard InChI is InChI=1S/C12H12N2S2/c15-11-10-9(8-4-2-1-3-5-8)6-16-12(10)14-7-13-11/h1-6,10,12,14H,7H2,(H,13,15). The fourth-order valence-corrected chi connectivity index (χ4v) is 3.75. The van der Waals surface area contributed by atoms with Crippen LogP contribution in [0.3, 0.4) is 0 Å². The third kappa shape index (κ3) is 1.67. The summed E-state index contributed by atoms with van der Waals surface area (Å²) in [5.74, 6) is 0.316. The van der Waals surface area contributed by atoms with E-state index < -0.39 is 0 Å². The summed E-state index contributed by atoms with van der Waals surface area (Å²) in [4.78, 5) is 0.962. The Morgan fingerprint density at radius 2 is 2.06 bits per heavy atom. The van der Waals surface area contributed by atoms with Crippen molar-refractivity contribution in [2.45, 2.75) is 5.37 Å². The topological polar surface area (TPSA) is 24.1 Å². The van der Waals surface area contributed by atoms with Gasteiger partial charge in [-0.1, -0.05) is 42.5 Å². The number of benzene rings is 1. The Labute approximate surface area is 105 Å². The van der Waals surface area contributed by atoms with Crippen LogP contribution in [-0.2, 0) is 0 Å². The van der Waals surface area contributed by atoms with E-state index in [1.807, 2.05) is 17.8 Å². The van der Waals surface area contributed by atoms with E-state index in [1.165, 1.54) is 11.1 Å². The molecule has 3 rings (SSSR count). The van der Waals surface area contributed by atoms with Crippen LogP contribution in [-0.4, -0.2) is 17.0 Å². The van der Waals surface area contributed by atoms with E-state index in [4.69, 9.17) is 12.2 Å². The minimum atomic E-state index is 0.316. The van der Waals surface area contributed by atoms with Crippen molar-refractivity contribution in [3.63, 3.8) is 0 Å². The predicted molar refractivity (Wildman–Crippen MR) is 73.0 cm³/mol.